The van der Waals surface area contributed by atoms with Crippen LogP contribution in [-0.2, 0) is 22.6 Å². The van der Waals surface area contributed by atoms with Crippen molar-refractivity contribution in [2.75, 3.05) is 7.11 Å². The molecule has 2 rings (SSSR count). The molecule has 0 unspecified atom stereocenters. The van der Waals surface area contributed by atoms with Crippen LogP contribution in [0.1, 0.15) is 16.7 Å². The molecule has 0 N–H and O–H groups in total. The molecule has 2 aromatic carbocycles. The molecule has 0 aliphatic carbocycles. The van der Waals surface area contributed by atoms with E-state index < -0.39 is 0 Å². The lowest BCUT2D eigenvalue weighted by Gasteiger charge is -2.10. The Morgan fingerprint density at radius 3 is 2.45 bits per heavy atom. The maximum atomic E-state index is 11.2. The van der Waals surface area contributed by atoms with Gasteiger partial charge in [-0.3, -0.25) is 4.79 Å². The fourth-order valence-electron chi connectivity index (χ4n) is 1.96. The van der Waals surface area contributed by atoms with Crippen LogP contribution in [0.25, 0.3) is 0 Å². The summed E-state index contributed by atoms with van der Waals surface area (Å²) in [6, 6.07) is 15.8. The Kier molecular flexibility index (Phi) is 4.77. The van der Waals surface area contributed by atoms with Gasteiger partial charge < -0.3 is 9.47 Å². The minimum atomic E-state index is -0.234. The van der Waals surface area contributed by atoms with E-state index in [-0.39, 0.29) is 12.4 Å². The molecule has 3 heteroatoms. The van der Waals surface area contributed by atoms with Crippen molar-refractivity contribution in [2.24, 2.45) is 0 Å². The Morgan fingerprint density at radius 1 is 1.05 bits per heavy atom. The fourth-order valence-corrected chi connectivity index (χ4v) is 1.96. The van der Waals surface area contributed by atoms with Crippen LogP contribution in [0.5, 0.6) is 5.75 Å². The normalized spacial score (nSPS) is 10.1. The molecule has 0 saturated carbocycles. The number of esters is 1. The van der Waals surface area contributed by atoms with E-state index in [0.717, 1.165) is 22.4 Å². The predicted octanol–water partition coefficient (Wildman–Crippen LogP) is 3.29. The minimum absolute atomic E-state index is 0.234. The van der Waals surface area contributed by atoms with Gasteiger partial charge >= 0.3 is 5.97 Å². The predicted molar refractivity (Wildman–Crippen MR) is 77.7 cm³/mol. The number of carbonyl (C=O) groups excluding carboxylic acids is 1. The standard InChI is InChI=1S/C17H18O3/c1-13-10-15(11-17(18)19-2)8-9-16(13)20-12-14-6-4-3-5-7-14/h3-10H,11-12H2,1-2H3. The average Bonchev–Trinajstić information content (AvgIpc) is 2.47. The van der Waals surface area contributed by atoms with E-state index in [0.29, 0.717) is 6.61 Å². The average molecular weight is 270 g/mol. The summed E-state index contributed by atoms with van der Waals surface area (Å²) in [5.74, 6) is 0.602. The molecule has 0 radical (unpaired) electrons. The lowest BCUT2D eigenvalue weighted by molar-refractivity contribution is -0.139. The van der Waals surface area contributed by atoms with Gasteiger partial charge in [0.05, 0.1) is 13.5 Å². The Labute approximate surface area is 119 Å². The molecule has 20 heavy (non-hydrogen) atoms. The molecule has 104 valence electrons. The Morgan fingerprint density at radius 2 is 1.80 bits per heavy atom. The van der Waals surface area contributed by atoms with Crippen LogP contribution in [0.3, 0.4) is 0 Å². The molecule has 0 spiro atoms. The third-order valence-electron chi connectivity index (χ3n) is 3.05. The smallest absolute Gasteiger partial charge is 0.309 e. The van der Waals surface area contributed by atoms with Crippen LogP contribution in [0.2, 0.25) is 0 Å². The van der Waals surface area contributed by atoms with Crippen LogP contribution in [0.15, 0.2) is 48.5 Å². The largest absolute Gasteiger partial charge is 0.489 e. The second-order valence-corrected chi connectivity index (χ2v) is 4.63. The molecule has 0 bridgehead atoms. The van der Waals surface area contributed by atoms with Gasteiger partial charge in [0.25, 0.3) is 0 Å². The second kappa shape index (κ2) is 6.75. The number of benzene rings is 2. The molecular formula is C17H18O3. The van der Waals surface area contributed by atoms with Crippen molar-refractivity contribution >= 4 is 5.97 Å². The van der Waals surface area contributed by atoms with Crippen molar-refractivity contribution in [3.63, 3.8) is 0 Å². The van der Waals surface area contributed by atoms with E-state index in [1.807, 2.05) is 55.5 Å². The summed E-state index contributed by atoms with van der Waals surface area (Å²) in [4.78, 5) is 11.2. The van der Waals surface area contributed by atoms with Gasteiger partial charge in [0, 0.05) is 0 Å². The van der Waals surface area contributed by atoms with Crippen molar-refractivity contribution in [1.29, 1.82) is 0 Å². The number of methoxy groups -OCH3 is 1. The second-order valence-electron chi connectivity index (χ2n) is 4.63. The Balaban J connectivity index is 2.01. The third kappa shape index (κ3) is 3.85. The van der Waals surface area contributed by atoms with E-state index in [4.69, 9.17) is 4.74 Å². The summed E-state index contributed by atoms with van der Waals surface area (Å²) in [5.41, 5.74) is 3.08. The van der Waals surface area contributed by atoms with E-state index in [9.17, 15) is 4.79 Å². The number of carbonyl (C=O) groups is 1. The summed E-state index contributed by atoms with van der Waals surface area (Å²) in [5, 5.41) is 0. The van der Waals surface area contributed by atoms with Crippen LogP contribution < -0.4 is 4.74 Å². The van der Waals surface area contributed by atoms with E-state index >= 15 is 0 Å². The quantitative estimate of drug-likeness (QED) is 0.782. The van der Waals surface area contributed by atoms with E-state index in [2.05, 4.69) is 4.74 Å². The molecule has 0 heterocycles. The molecule has 0 saturated heterocycles. The summed E-state index contributed by atoms with van der Waals surface area (Å²) >= 11 is 0. The van der Waals surface area contributed by atoms with Gasteiger partial charge in [-0.2, -0.15) is 0 Å². The van der Waals surface area contributed by atoms with Crippen molar-refractivity contribution in [1.82, 2.24) is 0 Å². The van der Waals surface area contributed by atoms with Gasteiger partial charge in [0.2, 0.25) is 0 Å². The fraction of sp³-hybridized carbons (Fsp3) is 0.235. The highest BCUT2D eigenvalue weighted by Crippen LogP contribution is 2.20. The maximum Gasteiger partial charge on any atom is 0.309 e. The SMILES string of the molecule is COC(=O)Cc1ccc(OCc2ccccc2)c(C)c1. The van der Waals surface area contributed by atoms with Crippen LogP contribution in [0.4, 0.5) is 0 Å². The van der Waals surface area contributed by atoms with Crippen molar-refractivity contribution in [2.45, 2.75) is 20.0 Å². The van der Waals surface area contributed by atoms with Crippen LogP contribution in [-0.4, -0.2) is 13.1 Å². The van der Waals surface area contributed by atoms with Crippen molar-refractivity contribution < 1.29 is 14.3 Å². The monoisotopic (exact) mass is 270 g/mol. The maximum absolute atomic E-state index is 11.2. The summed E-state index contributed by atoms with van der Waals surface area (Å²) in [7, 11) is 1.40. The van der Waals surface area contributed by atoms with Crippen molar-refractivity contribution in [3.05, 3.63) is 65.2 Å². The van der Waals surface area contributed by atoms with Gasteiger partial charge in [0.15, 0.2) is 0 Å². The molecular weight excluding hydrogens is 252 g/mol. The highest BCUT2D eigenvalue weighted by molar-refractivity contribution is 5.72. The zero-order valence-electron chi connectivity index (χ0n) is 11.8. The number of ether oxygens (including phenoxy) is 2. The zero-order valence-corrected chi connectivity index (χ0v) is 11.8. The number of hydrogen-bond acceptors (Lipinski definition) is 3. The molecule has 0 fully saturated rings. The summed E-state index contributed by atoms with van der Waals surface area (Å²) < 4.78 is 10.5. The molecule has 0 aromatic heterocycles. The molecule has 0 aliphatic rings. The van der Waals surface area contributed by atoms with Crippen molar-refractivity contribution in [3.8, 4) is 5.75 Å². The Bertz CT molecular complexity index is 576. The van der Waals surface area contributed by atoms with Crippen LogP contribution >= 0.6 is 0 Å². The summed E-state index contributed by atoms with van der Waals surface area (Å²) in [6.07, 6.45) is 0.288. The lowest BCUT2D eigenvalue weighted by atomic mass is 10.1. The topological polar surface area (TPSA) is 35.5 Å². The first-order valence-corrected chi connectivity index (χ1v) is 6.52. The molecule has 3 nitrogen and oxygen atoms in total. The van der Waals surface area contributed by atoms with E-state index in [1.54, 1.807) is 0 Å². The lowest BCUT2D eigenvalue weighted by Crippen LogP contribution is -2.05. The van der Waals surface area contributed by atoms with Gasteiger partial charge in [0.1, 0.15) is 12.4 Å². The first kappa shape index (κ1) is 14.1. The van der Waals surface area contributed by atoms with E-state index in [1.165, 1.54) is 7.11 Å². The first-order chi connectivity index (χ1) is 9.69. The molecule has 2 aromatic rings. The first-order valence-electron chi connectivity index (χ1n) is 6.52. The van der Waals surface area contributed by atoms with Gasteiger partial charge in [-0.15, -0.1) is 0 Å². The summed E-state index contributed by atoms with van der Waals surface area (Å²) in [6.45, 7) is 2.51. The number of rotatable bonds is 5. The van der Waals surface area contributed by atoms with Crippen LogP contribution in [0, 0.1) is 6.92 Å². The number of aryl methyl sites for hydroxylation is 1. The third-order valence-corrected chi connectivity index (χ3v) is 3.05. The highest BCUT2D eigenvalue weighted by atomic mass is 16.5. The Hall–Kier alpha value is -2.29. The highest BCUT2D eigenvalue weighted by Gasteiger charge is 2.06. The van der Waals surface area contributed by atoms with Gasteiger partial charge in [-0.1, -0.05) is 42.5 Å². The van der Waals surface area contributed by atoms with Gasteiger partial charge in [-0.05, 0) is 29.7 Å². The number of hydrogen-bond donors (Lipinski definition) is 0. The minimum Gasteiger partial charge on any atom is -0.489 e. The zero-order chi connectivity index (χ0) is 14.4. The molecule has 0 amide bonds. The molecule has 0 aliphatic heterocycles. The molecule has 0 atom stereocenters. The van der Waals surface area contributed by atoms with Gasteiger partial charge in [-0.25, -0.2) is 0 Å².